The quantitative estimate of drug-likeness (QED) is 0.806. The lowest BCUT2D eigenvalue weighted by Crippen LogP contribution is -2.28. The van der Waals surface area contributed by atoms with Gasteiger partial charge in [-0.1, -0.05) is 6.92 Å². The maximum Gasteiger partial charge on any atom is 0.264 e. The second-order valence-electron chi connectivity index (χ2n) is 5.91. The van der Waals surface area contributed by atoms with Crippen molar-refractivity contribution in [2.45, 2.75) is 25.2 Å². The summed E-state index contributed by atoms with van der Waals surface area (Å²) in [6.45, 7) is 4.37. The van der Waals surface area contributed by atoms with Gasteiger partial charge in [-0.2, -0.15) is 0 Å². The number of benzene rings is 2. The van der Waals surface area contributed by atoms with Gasteiger partial charge in [0, 0.05) is 19.2 Å². The summed E-state index contributed by atoms with van der Waals surface area (Å²) >= 11 is 0. The summed E-state index contributed by atoms with van der Waals surface area (Å²) < 4.78 is 32.0. The molecule has 2 aromatic carbocycles. The molecule has 0 spiro atoms. The molecule has 0 heterocycles. The molecule has 26 heavy (non-hydrogen) atoms. The van der Waals surface area contributed by atoms with Crippen LogP contribution in [0.25, 0.3) is 0 Å². The van der Waals surface area contributed by atoms with Gasteiger partial charge in [0.1, 0.15) is 5.75 Å². The number of ether oxygens (including phenoxy) is 1. The number of hydrogen-bond donors (Lipinski definition) is 1. The molecule has 7 heteroatoms. The Kier molecular flexibility index (Phi) is 6.26. The van der Waals surface area contributed by atoms with E-state index in [1.165, 1.54) is 30.6 Å². The zero-order valence-electron chi connectivity index (χ0n) is 15.4. The summed E-state index contributed by atoms with van der Waals surface area (Å²) in [4.78, 5) is 12.2. The third-order valence-corrected chi connectivity index (χ3v) is 5.84. The highest BCUT2D eigenvalue weighted by Gasteiger charge is 2.23. The predicted molar refractivity (Wildman–Crippen MR) is 102 cm³/mol. The van der Waals surface area contributed by atoms with E-state index in [1.807, 2.05) is 6.92 Å². The van der Waals surface area contributed by atoms with E-state index in [9.17, 15) is 13.2 Å². The molecule has 1 amide bonds. The van der Waals surface area contributed by atoms with Gasteiger partial charge in [-0.3, -0.25) is 9.10 Å². The Labute approximate surface area is 154 Å². The van der Waals surface area contributed by atoms with Crippen LogP contribution >= 0.6 is 0 Å². The van der Waals surface area contributed by atoms with Crippen molar-refractivity contribution in [1.82, 2.24) is 5.32 Å². The first-order valence-electron chi connectivity index (χ1n) is 8.33. The first kappa shape index (κ1) is 19.8. The number of carbonyl (C=O) groups is 1. The van der Waals surface area contributed by atoms with Gasteiger partial charge in [0.2, 0.25) is 0 Å². The average molecular weight is 376 g/mol. The third kappa shape index (κ3) is 4.16. The molecule has 2 rings (SSSR count). The highest BCUT2D eigenvalue weighted by Crippen LogP contribution is 2.27. The van der Waals surface area contributed by atoms with Crippen LogP contribution in [0.4, 0.5) is 5.69 Å². The van der Waals surface area contributed by atoms with E-state index in [4.69, 9.17) is 4.74 Å². The topological polar surface area (TPSA) is 75.7 Å². The van der Waals surface area contributed by atoms with Crippen molar-refractivity contribution in [1.29, 1.82) is 0 Å². The Morgan fingerprint density at radius 3 is 2.35 bits per heavy atom. The minimum absolute atomic E-state index is 0.165. The van der Waals surface area contributed by atoms with Gasteiger partial charge in [-0.15, -0.1) is 0 Å². The molecule has 0 saturated carbocycles. The molecule has 6 nitrogen and oxygen atoms in total. The van der Waals surface area contributed by atoms with Gasteiger partial charge in [0.15, 0.2) is 0 Å². The highest BCUT2D eigenvalue weighted by atomic mass is 32.2. The summed E-state index contributed by atoms with van der Waals surface area (Å²) in [5, 5.41) is 2.81. The molecule has 1 N–H and O–H groups in total. The van der Waals surface area contributed by atoms with Crippen LogP contribution in [0.1, 0.15) is 29.3 Å². The van der Waals surface area contributed by atoms with Crippen LogP contribution in [0, 0.1) is 6.92 Å². The van der Waals surface area contributed by atoms with Crippen molar-refractivity contribution in [3.05, 3.63) is 53.6 Å². The highest BCUT2D eigenvalue weighted by molar-refractivity contribution is 7.92. The van der Waals surface area contributed by atoms with Crippen molar-refractivity contribution in [2.75, 3.05) is 25.0 Å². The molecule has 0 aromatic heterocycles. The largest absolute Gasteiger partial charge is 0.497 e. The van der Waals surface area contributed by atoms with Crippen LogP contribution in [0.5, 0.6) is 5.75 Å². The molecule has 0 radical (unpaired) electrons. The molecule has 0 fully saturated rings. The van der Waals surface area contributed by atoms with Gasteiger partial charge in [0.05, 0.1) is 17.7 Å². The summed E-state index contributed by atoms with van der Waals surface area (Å²) in [6.07, 6.45) is 0.853. The Balaban J connectivity index is 2.30. The van der Waals surface area contributed by atoms with Crippen molar-refractivity contribution in [2.24, 2.45) is 0 Å². The molecule has 2 aromatic rings. The predicted octanol–water partition coefficient (Wildman–Crippen LogP) is 2.97. The van der Waals surface area contributed by atoms with Crippen molar-refractivity contribution >= 4 is 21.6 Å². The fourth-order valence-electron chi connectivity index (χ4n) is 2.53. The Morgan fingerprint density at radius 1 is 1.15 bits per heavy atom. The summed E-state index contributed by atoms with van der Waals surface area (Å²) in [7, 11) is -0.686. The SMILES string of the molecule is CCCNC(=O)c1ccc(N(C)S(=O)(=O)c2ccc(OC)cc2)c(C)c1. The minimum atomic E-state index is -3.71. The van der Waals surface area contributed by atoms with Gasteiger partial charge in [-0.25, -0.2) is 8.42 Å². The van der Waals surface area contributed by atoms with Crippen LogP contribution in [-0.2, 0) is 10.0 Å². The summed E-state index contributed by atoms with van der Waals surface area (Å²) in [6, 6.07) is 11.2. The lowest BCUT2D eigenvalue weighted by atomic mass is 10.1. The number of carbonyl (C=O) groups excluding carboxylic acids is 1. The second-order valence-corrected chi connectivity index (χ2v) is 7.87. The number of amides is 1. The Morgan fingerprint density at radius 2 is 1.81 bits per heavy atom. The number of nitrogens with one attached hydrogen (secondary N) is 1. The van der Waals surface area contributed by atoms with Crippen LogP contribution in [0.2, 0.25) is 0 Å². The van der Waals surface area contributed by atoms with Crippen molar-refractivity contribution < 1.29 is 17.9 Å². The first-order chi connectivity index (χ1) is 12.3. The molecule has 140 valence electrons. The number of methoxy groups -OCH3 is 1. The molecule has 0 atom stereocenters. The molecular formula is C19H24N2O4S. The van der Waals surface area contributed by atoms with Gasteiger partial charge < -0.3 is 10.1 Å². The molecular weight excluding hydrogens is 352 g/mol. The molecule has 0 aliphatic rings. The van der Waals surface area contributed by atoms with Gasteiger partial charge in [0.25, 0.3) is 15.9 Å². The van der Waals surface area contributed by atoms with E-state index in [0.717, 1.165) is 6.42 Å². The average Bonchev–Trinajstić information content (AvgIpc) is 2.65. The normalized spacial score (nSPS) is 11.1. The lowest BCUT2D eigenvalue weighted by molar-refractivity contribution is 0.0953. The Hall–Kier alpha value is -2.54. The zero-order chi connectivity index (χ0) is 19.3. The molecule has 0 saturated heterocycles. The zero-order valence-corrected chi connectivity index (χ0v) is 16.3. The third-order valence-electron chi connectivity index (χ3n) is 4.05. The van der Waals surface area contributed by atoms with E-state index in [-0.39, 0.29) is 10.8 Å². The number of sulfonamides is 1. The Bertz CT molecular complexity index is 877. The fourth-order valence-corrected chi connectivity index (χ4v) is 3.79. The van der Waals surface area contributed by atoms with Crippen LogP contribution in [-0.4, -0.2) is 35.0 Å². The van der Waals surface area contributed by atoms with E-state index in [1.54, 1.807) is 37.3 Å². The van der Waals surface area contributed by atoms with Crippen LogP contribution < -0.4 is 14.4 Å². The van der Waals surface area contributed by atoms with E-state index < -0.39 is 10.0 Å². The monoisotopic (exact) mass is 376 g/mol. The number of anilines is 1. The number of rotatable bonds is 7. The van der Waals surface area contributed by atoms with Crippen molar-refractivity contribution in [3.63, 3.8) is 0 Å². The van der Waals surface area contributed by atoms with E-state index >= 15 is 0 Å². The number of hydrogen-bond acceptors (Lipinski definition) is 4. The first-order valence-corrected chi connectivity index (χ1v) is 9.77. The molecule has 0 aliphatic heterocycles. The maximum atomic E-state index is 12.9. The molecule has 0 aliphatic carbocycles. The standard InChI is InChI=1S/C19H24N2O4S/c1-5-12-20-19(22)15-6-11-18(14(2)13-15)21(3)26(23,24)17-9-7-16(25-4)8-10-17/h6-11,13H,5,12H2,1-4H3,(H,20,22). The van der Waals surface area contributed by atoms with Gasteiger partial charge >= 0.3 is 0 Å². The van der Waals surface area contributed by atoms with Crippen LogP contribution in [0.15, 0.2) is 47.4 Å². The summed E-state index contributed by atoms with van der Waals surface area (Å²) in [5.74, 6) is 0.424. The van der Waals surface area contributed by atoms with Gasteiger partial charge in [-0.05, 0) is 61.4 Å². The maximum absolute atomic E-state index is 12.9. The lowest BCUT2D eigenvalue weighted by Gasteiger charge is -2.22. The second kappa shape index (κ2) is 8.23. The smallest absolute Gasteiger partial charge is 0.264 e. The number of nitrogens with zero attached hydrogens (tertiary/aromatic N) is 1. The van der Waals surface area contributed by atoms with E-state index in [2.05, 4.69) is 5.32 Å². The fraction of sp³-hybridized carbons (Fsp3) is 0.316. The van der Waals surface area contributed by atoms with E-state index in [0.29, 0.717) is 29.1 Å². The molecule has 0 unspecified atom stereocenters. The van der Waals surface area contributed by atoms with Crippen molar-refractivity contribution in [3.8, 4) is 5.75 Å². The summed E-state index contributed by atoms with van der Waals surface area (Å²) in [5.41, 5.74) is 1.73. The molecule has 0 bridgehead atoms. The van der Waals surface area contributed by atoms with Crippen LogP contribution in [0.3, 0.4) is 0 Å². The minimum Gasteiger partial charge on any atom is -0.497 e. The number of aryl methyl sites for hydroxylation is 1.